The van der Waals surface area contributed by atoms with E-state index in [1.807, 2.05) is 0 Å². The molecular weight excluding hydrogens is 439 g/mol. The van der Waals surface area contributed by atoms with Gasteiger partial charge in [0.15, 0.2) is 16.6 Å². The van der Waals surface area contributed by atoms with E-state index in [0.717, 1.165) is 21.8 Å². The second kappa shape index (κ2) is 6.54. The molecule has 0 aliphatic rings. The van der Waals surface area contributed by atoms with Gasteiger partial charge >= 0.3 is 6.18 Å². The first kappa shape index (κ1) is 18.8. The topological polar surface area (TPSA) is 76.6 Å². The minimum atomic E-state index is -4.74. The number of furan rings is 1. The molecule has 0 aliphatic carbocycles. The van der Waals surface area contributed by atoms with Gasteiger partial charge in [-0.2, -0.15) is 13.2 Å². The Balaban J connectivity index is 1.90. The maximum absolute atomic E-state index is 13.6. The van der Waals surface area contributed by atoms with Crippen LogP contribution in [-0.4, -0.2) is 17.8 Å². The largest absolute Gasteiger partial charge is 0.472 e. The second-order valence-electron chi connectivity index (χ2n) is 5.63. The number of sulfonamides is 1. The van der Waals surface area contributed by atoms with Crippen LogP contribution in [-0.2, 0) is 16.2 Å². The molecule has 4 aromatic rings. The van der Waals surface area contributed by atoms with E-state index in [0.29, 0.717) is 5.56 Å². The van der Waals surface area contributed by atoms with Crippen LogP contribution < -0.4 is 4.72 Å². The third kappa shape index (κ3) is 3.25. The predicted molar refractivity (Wildman–Crippen MR) is 98.0 cm³/mol. The lowest BCUT2D eigenvalue weighted by Crippen LogP contribution is -2.12. The number of nitrogens with zero attached hydrogens (tertiary/aromatic N) is 2. The van der Waals surface area contributed by atoms with Gasteiger partial charge in [-0.25, -0.2) is 13.4 Å². The number of anilines is 1. The first-order valence-corrected chi connectivity index (χ1v) is 10.3. The van der Waals surface area contributed by atoms with Gasteiger partial charge in [-0.3, -0.25) is 9.12 Å². The fourth-order valence-electron chi connectivity index (χ4n) is 2.57. The van der Waals surface area contributed by atoms with E-state index in [9.17, 15) is 21.6 Å². The number of nitrogens with one attached hydrogen (secondary N) is 1. The van der Waals surface area contributed by atoms with E-state index >= 15 is 0 Å². The lowest BCUT2D eigenvalue weighted by Gasteiger charge is -2.10. The molecule has 0 spiro atoms. The Bertz CT molecular complexity index is 1250. The average molecular weight is 448 g/mol. The van der Waals surface area contributed by atoms with Gasteiger partial charge in [0.2, 0.25) is 0 Å². The molecule has 0 saturated heterocycles. The number of alkyl halides is 3. The van der Waals surface area contributed by atoms with E-state index in [4.69, 9.17) is 16.0 Å². The molecule has 0 radical (unpaired) electrons. The molecule has 4 aromatic heterocycles. The highest BCUT2D eigenvalue weighted by atomic mass is 35.5. The van der Waals surface area contributed by atoms with Crippen LogP contribution >= 0.6 is 22.9 Å². The minimum Gasteiger partial charge on any atom is -0.472 e. The van der Waals surface area contributed by atoms with Crippen LogP contribution in [0, 0.1) is 0 Å². The van der Waals surface area contributed by atoms with Crippen LogP contribution in [0.2, 0.25) is 5.15 Å². The van der Waals surface area contributed by atoms with Gasteiger partial charge in [-0.05, 0) is 23.6 Å². The number of rotatable bonds is 4. The molecule has 0 amide bonds. The normalized spacial score (nSPS) is 12.6. The molecule has 0 unspecified atom stereocenters. The molecule has 0 aromatic carbocycles. The van der Waals surface area contributed by atoms with Crippen LogP contribution in [0.25, 0.3) is 16.8 Å². The predicted octanol–water partition coefficient (Wildman–Crippen LogP) is 5.13. The van der Waals surface area contributed by atoms with Crippen molar-refractivity contribution in [1.82, 2.24) is 9.38 Å². The molecule has 6 nitrogen and oxygen atoms in total. The Kier molecular flexibility index (Phi) is 4.40. The third-order valence-electron chi connectivity index (χ3n) is 3.81. The van der Waals surface area contributed by atoms with Crippen molar-refractivity contribution >= 4 is 44.4 Å². The highest BCUT2D eigenvalue weighted by Crippen LogP contribution is 2.38. The van der Waals surface area contributed by atoms with Crippen molar-refractivity contribution in [2.75, 3.05) is 4.72 Å². The lowest BCUT2D eigenvalue weighted by molar-refractivity contribution is -0.136. The minimum absolute atomic E-state index is 0.0178. The fourth-order valence-corrected chi connectivity index (χ4v) is 4.85. The average Bonchev–Trinajstić information content (AvgIpc) is 3.35. The zero-order chi connectivity index (χ0) is 20.1. The fraction of sp³-hybridized carbons (Fsp3) is 0.0625. The summed E-state index contributed by atoms with van der Waals surface area (Å²) in [4.78, 5) is 3.80. The third-order valence-corrected chi connectivity index (χ3v) is 6.91. The van der Waals surface area contributed by atoms with Crippen molar-refractivity contribution in [1.29, 1.82) is 0 Å². The van der Waals surface area contributed by atoms with E-state index in [2.05, 4.69) is 9.71 Å². The highest BCUT2D eigenvalue weighted by molar-refractivity contribution is 7.94. The van der Waals surface area contributed by atoms with Crippen molar-refractivity contribution in [2.45, 2.75) is 10.4 Å². The summed E-state index contributed by atoms with van der Waals surface area (Å²) in [5.74, 6) is -0.398. The summed E-state index contributed by atoms with van der Waals surface area (Å²) >= 11 is 7.12. The summed E-state index contributed by atoms with van der Waals surface area (Å²) in [6.45, 7) is 0. The maximum atomic E-state index is 13.6. The summed E-state index contributed by atoms with van der Waals surface area (Å²) in [6.07, 6.45) is -0.803. The lowest BCUT2D eigenvalue weighted by atomic mass is 10.1. The summed E-state index contributed by atoms with van der Waals surface area (Å²) < 4.78 is 73.6. The maximum Gasteiger partial charge on any atom is 0.420 e. The first-order valence-electron chi connectivity index (χ1n) is 7.54. The van der Waals surface area contributed by atoms with Crippen molar-refractivity contribution in [2.24, 2.45) is 0 Å². The van der Waals surface area contributed by atoms with Gasteiger partial charge in [-0.15, -0.1) is 11.3 Å². The van der Waals surface area contributed by atoms with Gasteiger partial charge in [0, 0.05) is 17.3 Å². The van der Waals surface area contributed by atoms with Crippen molar-refractivity contribution in [3.05, 3.63) is 59.1 Å². The SMILES string of the molecule is O=S(=O)(Nc1nc2c(C(F)(F)F)cc(-c3ccoc3)cn2c1Cl)c1cccs1. The molecule has 0 fully saturated rings. The van der Waals surface area contributed by atoms with Gasteiger partial charge in [0.25, 0.3) is 10.0 Å². The van der Waals surface area contributed by atoms with Crippen molar-refractivity contribution in [3.8, 4) is 11.1 Å². The number of aromatic nitrogens is 2. The summed E-state index contributed by atoms with van der Waals surface area (Å²) in [5.41, 5.74) is -0.998. The van der Waals surface area contributed by atoms with Gasteiger partial charge < -0.3 is 4.42 Å². The van der Waals surface area contributed by atoms with E-state index in [1.54, 1.807) is 5.38 Å². The number of halogens is 4. The molecule has 1 N–H and O–H groups in total. The standard InChI is InChI=1S/C16H9ClF3N3O3S2/c17-13-14(22-28(24,25)12-2-1-5-27-12)21-15-11(16(18,19)20)6-10(7-23(13)15)9-3-4-26-8-9/h1-8,22H. The molecule has 0 bridgehead atoms. The number of imidazole rings is 1. The van der Waals surface area contributed by atoms with E-state index in [1.165, 1.54) is 36.9 Å². The molecule has 0 saturated carbocycles. The van der Waals surface area contributed by atoms with Crippen molar-refractivity contribution < 1.29 is 26.0 Å². The Labute approximate surface area is 165 Å². The Hall–Kier alpha value is -2.50. The highest BCUT2D eigenvalue weighted by Gasteiger charge is 2.36. The van der Waals surface area contributed by atoms with Crippen LogP contribution in [0.3, 0.4) is 0 Å². The van der Waals surface area contributed by atoms with Gasteiger partial charge in [0.05, 0.1) is 18.1 Å². The summed E-state index contributed by atoms with van der Waals surface area (Å²) in [5, 5.41) is 1.25. The summed E-state index contributed by atoms with van der Waals surface area (Å²) in [7, 11) is -4.03. The van der Waals surface area contributed by atoms with Crippen LogP contribution in [0.4, 0.5) is 19.0 Å². The van der Waals surface area contributed by atoms with Crippen LogP contribution in [0.5, 0.6) is 0 Å². The Morgan fingerprint density at radius 3 is 2.64 bits per heavy atom. The smallest absolute Gasteiger partial charge is 0.420 e. The molecule has 0 aliphatic heterocycles. The Morgan fingerprint density at radius 2 is 2.04 bits per heavy atom. The zero-order valence-electron chi connectivity index (χ0n) is 13.6. The first-order chi connectivity index (χ1) is 13.2. The van der Waals surface area contributed by atoms with Gasteiger partial charge in [0.1, 0.15) is 4.21 Å². The zero-order valence-corrected chi connectivity index (χ0v) is 16.0. The van der Waals surface area contributed by atoms with E-state index in [-0.39, 0.29) is 14.9 Å². The monoisotopic (exact) mass is 447 g/mol. The number of thiophene rings is 1. The number of hydrogen-bond acceptors (Lipinski definition) is 5. The Morgan fingerprint density at radius 1 is 1.25 bits per heavy atom. The molecular formula is C16H9ClF3N3O3S2. The number of fused-ring (bicyclic) bond motifs is 1. The molecule has 28 heavy (non-hydrogen) atoms. The summed E-state index contributed by atoms with van der Waals surface area (Å²) in [6, 6.07) is 5.28. The quantitative estimate of drug-likeness (QED) is 0.470. The van der Waals surface area contributed by atoms with Crippen LogP contribution in [0.15, 0.2) is 57.0 Å². The van der Waals surface area contributed by atoms with E-state index < -0.39 is 33.2 Å². The molecule has 0 atom stereocenters. The van der Waals surface area contributed by atoms with Crippen LogP contribution in [0.1, 0.15) is 5.56 Å². The molecule has 4 rings (SSSR count). The molecule has 146 valence electrons. The number of pyridine rings is 1. The second-order valence-corrected chi connectivity index (χ2v) is 8.85. The van der Waals surface area contributed by atoms with Gasteiger partial charge in [-0.1, -0.05) is 17.7 Å². The molecule has 12 heteroatoms. The molecule has 4 heterocycles. The van der Waals surface area contributed by atoms with Crippen molar-refractivity contribution in [3.63, 3.8) is 0 Å². The number of hydrogen-bond donors (Lipinski definition) is 1.